The molecule has 92 valence electrons. The van der Waals surface area contributed by atoms with Crippen LogP contribution in [0.3, 0.4) is 0 Å². The third kappa shape index (κ3) is 2.38. The van der Waals surface area contributed by atoms with E-state index in [-0.39, 0.29) is 6.04 Å². The van der Waals surface area contributed by atoms with Crippen LogP contribution in [0.2, 0.25) is 0 Å². The Morgan fingerprint density at radius 1 is 1.22 bits per heavy atom. The van der Waals surface area contributed by atoms with Gasteiger partial charge in [0.1, 0.15) is 17.6 Å². The zero-order valence-corrected chi connectivity index (χ0v) is 10.8. The standard InChI is InChI=1S/C15H16N2O/c1-10-5-4-6-13(9-16)15(10)17-12(3)14-8-7-11(2)18-14/h4-8,12,17H,1-3H3. The Bertz CT molecular complexity index is 593. The van der Waals surface area contributed by atoms with E-state index < -0.39 is 0 Å². The summed E-state index contributed by atoms with van der Waals surface area (Å²) in [6, 6.07) is 11.8. The quantitative estimate of drug-likeness (QED) is 0.883. The van der Waals surface area contributed by atoms with Crippen molar-refractivity contribution in [1.82, 2.24) is 0 Å². The highest BCUT2D eigenvalue weighted by atomic mass is 16.3. The second kappa shape index (κ2) is 4.97. The molecule has 1 heterocycles. The van der Waals surface area contributed by atoms with Crippen molar-refractivity contribution in [2.45, 2.75) is 26.8 Å². The summed E-state index contributed by atoms with van der Waals surface area (Å²) >= 11 is 0. The van der Waals surface area contributed by atoms with E-state index >= 15 is 0 Å². The highest BCUT2D eigenvalue weighted by Crippen LogP contribution is 2.26. The van der Waals surface area contributed by atoms with E-state index in [4.69, 9.17) is 9.68 Å². The first-order valence-corrected chi connectivity index (χ1v) is 5.94. The minimum atomic E-state index is 0.0342. The number of nitrogens with one attached hydrogen (secondary N) is 1. The van der Waals surface area contributed by atoms with Crippen molar-refractivity contribution in [2.75, 3.05) is 5.32 Å². The lowest BCUT2D eigenvalue weighted by Crippen LogP contribution is -2.08. The van der Waals surface area contributed by atoms with Gasteiger partial charge in [-0.3, -0.25) is 0 Å². The molecule has 2 aromatic rings. The smallest absolute Gasteiger partial charge is 0.126 e. The molecule has 3 nitrogen and oxygen atoms in total. The molecule has 0 radical (unpaired) electrons. The predicted molar refractivity (Wildman–Crippen MR) is 71.4 cm³/mol. The molecule has 1 N–H and O–H groups in total. The highest BCUT2D eigenvalue weighted by molar-refractivity contribution is 5.62. The molecule has 0 aliphatic heterocycles. The van der Waals surface area contributed by atoms with Gasteiger partial charge in [-0.15, -0.1) is 0 Å². The van der Waals surface area contributed by atoms with Crippen LogP contribution >= 0.6 is 0 Å². The summed E-state index contributed by atoms with van der Waals surface area (Å²) in [5, 5.41) is 12.5. The van der Waals surface area contributed by atoms with Crippen LogP contribution in [0, 0.1) is 25.2 Å². The fraction of sp³-hybridized carbons (Fsp3) is 0.267. The third-order valence-corrected chi connectivity index (χ3v) is 2.94. The minimum absolute atomic E-state index is 0.0342. The van der Waals surface area contributed by atoms with Crippen LogP contribution < -0.4 is 5.32 Å². The number of hydrogen-bond donors (Lipinski definition) is 1. The SMILES string of the molecule is Cc1ccc(C(C)Nc2c(C)cccc2C#N)o1. The first-order chi connectivity index (χ1) is 8.61. The lowest BCUT2D eigenvalue weighted by atomic mass is 10.1. The molecule has 3 heteroatoms. The zero-order valence-electron chi connectivity index (χ0n) is 10.8. The number of nitrogens with zero attached hydrogens (tertiary/aromatic N) is 1. The molecule has 2 rings (SSSR count). The van der Waals surface area contributed by atoms with Crippen molar-refractivity contribution in [1.29, 1.82) is 5.26 Å². The Hall–Kier alpha value is -2.21. The Balaban J connectivity index is 2.27. The fourth-order valence-corrected chi connectivity index (χ4v) is 1.93. The molecule has 1 aromatic heterocycles. The number of furan rings is 1. The number of anilines is 1. The summed E-state index contributed by atoms with van der Waals surface area (Å²) < 4.78 is 5.59. The topological polar surface area (TPSA) is 49.0 Å². The summed E-state index contributed by atoms with van der Waals surface area (Å²) in [5.41, 5.74) is 2.59. The van der Waals surface area contributed by atoms with Gasteiger partial charge in [-0.1, -0.05) is 12.1 Å². The third-order valence-electron chi connectivity index (χ3n) is 2.94. The Labute approximate surface area is 107 Å². The molecule has 1 unspecified atom stereocenters. The zero-order chi connectivity index (χ0) is 13.1. The predicted octanol–water partition coefficient (Wildman–Crippen LogP) is 3.94. The maximum absolute atomic E-state index is 9.12. The molecule has 1 aromatic carbocycles. The van der Waals surface area contributed by atoms with Crippen LogP contribution in [-0.4, -0.2) is 0 Å². The van der Waals surface area contributed by atoms with Gasteiger partial charge in [-0.05, 0) is 44.5 Å². The van der Waals surface area contributed by atoms with Crippen molar-refractivity contribution in [3.8, 4) is 6.07 Å². The molecule has 0 aliphatic carbocycles. The van der Waals surface area contributed by atoms with E-state index in [1.807, 2.05) is 51.1 Å². The summed E-state index contributed by atoms with van der Waals surface area (Å²) in [6.45, 7) is 5.93. The summed E-state index contributed by atoms with van der Waals surface area (Å²) in [7, 11) is 0. The molecule has 0 amide bonds. The van der Waals surface area contributed by atoms with Gasteiger partial charge in [0.25, 0.3) is 0 Å². The molecule has 18 heavy (non-hydrogen) atoms. The van der Waals surface area contributed by atoms with Crippen LogP contribution in [0.4, 0.5) is 5.69 Å². The first kappa shape index (κ1) is 12.3. The summed E-state index contributed by atoms with van der Waals surface area (Å²) in [6.07, 6.45) is 0. The van der Waals surface area contributed by atoms with Gasteiger partial charge in [0.15, 0.2) is 0 Å². The van der Waals surface area contributed by atoms with Gasteiger partial charge in [0.05, 0.1) is 17.3 Å². The Morgan fingerprint density at radius 2 is 2.00 bits per heavy atom. The molecular formula is C15H16N2O. The Morgan fingerprint density at radius 3 is 2.61 bits per heavy atom. The summed E-state index contributed by atoms with van der Waals surface area (Å²) in [5.74, 6) is 1.77. The average Bonchev–Trinajstić information content (AvgIpc) is 2.78. The van der Waals surface area contributed by atoms with Crippen LogP contribution in [0.5, 0.6) is 0 Å². The minimum Gasteiger partial charge on any atom is -0.464 e. The van der Waals surface area contributed by atoms with Crippen LogP contribution in [0.25, 0.3) is 0 Å². The lowest BCUT2D eigenvalue weighted by molar-refractivity contribution is 0.467. The van der Waals surface area contributed by atoms with Gasteiger partial charge in [-0.2, -0.15) is 5.26 Å². The van der Waals surface area contributed by atoms with Crippen molar-refractivity contribution in [2.24, 2.45) is 0 Å². The fourth-order valence-electron chi connectivity index (χ4n) is 1.93. The van der Waals surface area contributed by atoms with Gasteiger partial charge >= 0.3 is 0 Å². The number of rotatable bonds is 3. The van der Waals surface area contributed by atoms with Crippen molar-refractivity contribution in [3.63, 3.8) is 0 Å². The normalized spacial score (nSPS) is 11.9. The monoisotopic (exact) mass is 240 g/mol. The molecule has 0 fully saturated rings. The van der Waals surface area contributed by atoms with Crippen LogP contribution in [0.15, 0.2) is 34.7 Å². The van der Waals surface area contributed by atoms with Gasteiger partial charge in [-0.25, -0.2) is 0 Å². The van der Waals surface area contributed by atoms with Gasteiger partial charge in [0, 0.05) is 0 Å². The van der Waals surface area contributed by atoms with Gasteiger partial charge < -0.3 is 9.73 Å². The first-order valence-electron chi connectivity index (χ1n) is 5.94. The largest absolute Gasteiger partial charge is 0.464 e. The molecule has 0 aliphatic rings. The molecule has 0 saturated heterocycles. The molecule has 0 saturated carbocycles. The molecular weight excluding hydrogens is 224 g/mol. The van der Waals surface area contributed by atoms with E-state index in [9.17, 15) is 0 Å². The summed E-state index contributed by atoms with van der Waals surface area (Å²) in [4.78, 5) is 0. The number of hydrogen-bond acceptors (Lipinski definition) is 3. The number of aryl methyl sites for hydroxylation is 2. The van der Waals surface area contributed by atoms with E-state index in [1.54, 1.807) is 0 Å². The maximum Gasteiger partial charge on any atom is 0.126 e. The lowest BCUT2D eigenvalue weighted by Gasteiger charge is -2.16. The van der Waals surface area contributed by atoms with Crippen LogP contribution in [-0.2, 0) is 0 Å². The second-order valence-corrected chi connectivity index (χ2v) is 4.42. The van der Waals surface area contributed by atoms with E-state index in [0.29, 0.717) is 5.56 Å². The number of nitriles is 1. The maximum atomic E-state index is 9.12. The van der Waals surface area contributed by atoms with Gasteiger partial charge in [0.2, 0.25) is 0 Å². The van der Waals surface area contributed by atoms with Crippen LogP contribution in [0.1, 0.15) is 35.6 Å². The van der Waals surface area contributed by atoms with E-state index in [2.05, 4.69) is 11.4 Å². The highest BCUT2D eigenvalue weighted by Gasteiger charge is 2.12. The van der Waals surface area contributed by atoms with E-state index in [1.165, 1.54) is 0 Å². The molecule has 0 spiro atoms. The van der Waals surface area contributed by atoms with E-state index in [0.717, 1.165) is 22.8 Å². The Kier molecular flexibility index (Phi) is 3.38. The van der Waals surface area contributed by atoms with Crippen molar-refractivity contribution >= 4 is 5.69 Å². The average molecular weight is 240 g/mol. The second-order valence-electron chi connectivity index (χ2n) is 4.42. The number of benzene rings is 1. The van der Waals surface area contributed by atoms with Crippen molar-refractivity contribution in [3.05, 3.63) is 53.0 Å². The molecule has 1 atom stereocenters. The molecule has 0 bridgehead atoms. The van der Waals surface area contributed by atoms with Crippen molar-refractivity contribution < 1.29 is 4.42 Å². The number of para-hydroxylation sites is 1.